The van der Waals surface area contributed by atoms with Crippen LogP contribution in [0.3, 0.4) is 0 Å². The fourth-order valence-electron chi connectivity index (χ4n) is 4.66. The van der Waals surface area contributed by atoms with Crippen LogP contribution in [0.2, 0.25) is 0 Å². The molecule has 31 heavy (non-hydrogen) atoms. The highest BCUT2D eigenvalue weighted by molar-refractivity contribution is 5.86. The molecular weight excluding hydrogens is 382 g/mol. The van der Waals surface area contributed by atoms with Gasteiger partial charge in [-0.3, -0.25) is 4.99 Å². The highest BCUT2D eigenvalue weighted by atomic mass is 16.5. The van der Waals surface area contributed by atoms with Gasteiger partial charge in [0.05, 0.1) is 7.11 Å². The van der Waals surface area contributed by atoms with Gasteiger partial charge in [-0.15, -0.1) is 0 Å². The summed E-state index contributed by atoms with van der Waals surface area (Å²) in [7, 11) is 1.67. The normalized spacial score (nSPS) is 15.3. The van der Waals surface area contributed by atoms with Crippen LogP contribution >= 0.6 is 0 Å². The minimum absolute atomic E-state index is 0.260. The highest BCUT2D eigenvalue weighted by Gasteiger charge is 2.34. The second-order valence-corrected chi connectivity index (χ2v) is 8.54. The first kappa shape index (κ1) is 21.2. The fourth-order valence-corrected chi connectivity index (χ4v) is 4.66. The van der Waals surface area contributed by atoms with Gasteiger partial charge in [-0.05, 0) is 43.0 Å². The molecule has 160 valence electrons. The van der Waals surface area contributed by atoms with Crippen LogP contribution in [0.15, 0.2) is 77.8 Å². The molecule has 0 unspecified atom stereocenters. The Morgan fingerprint density at radius 1 is 0.903 bits per heavy atom. The zero-order chi connectivity index (χ0) is 21.7. The molecule has 3 nitrogen and oxygen atoms in total. The van der Waals surface area contributed by atoms with Crippen LogP contribution in [0.5, 0.6) is 11.5 Å². The molecule has 0 atom stereocenters. The molecule has 0 radical (unpaired) electrons. The van der Waals surface area contributed by atoms with Gasteiger partial charge >= 0.3 is 0 Å². The van der Waals surface area contributed by atoms with Crippen LogP contribution in [-0.2, 0) is 5.41 Å². The minimum atomic E-state index is -0.547. The van der Waals surface area contributed by atoms with E-state index in [1.165, 1.54) is 19.3 Å². The number of nitrogens with zero attached hydrogens (tertiary/aromatic N) is 1. The lowest BCUT2D eigenvalue weighted by Crippen LogP contribution is -2.26. The van der Waals surface area contributed by atoms with Gasteiger partial charge in [0.15, 0.2) is 0 Å². The Morgan fingerprint density at radius 3 is 2.03 bits per heavy atom. The topological polar surface area (TPSA) is 41.8 Å². The summed E-state index contributed by atoms with van der Waals surface area (Å²) in [6, 6.07) is 24.8. The van der Waals surface area contributed by atoms with Gasteiger partial charge in [0.25, 0.3) is 0 Å². The summed E-state index contributed by atoms with van der Waals surface area (Å²) in [5.74, 6) is 0.978. The van der Waals surface area contributed by atoms with E-state index in [9.17, 15) is 5.11 Å². The zero-order valence-electron chi connectivity index (χ0n) is 18.4. The number of benzene rings is 3. The Morgan fingerprint density at radius 2 is 1.48 bits per heavy atom. The number of ether oxygens (including phenoxy) is 1. The molecular formula is C28H31NO2. The third kappa shape index (κ3) is 4.36. The van der Waals surface area contributed by atoms with Crippen molar-refractivity contribution >= 4 is 6.21 Å². The first-order valence-electron chi connectivity index (χ1n) is 11.2. The first-order chi connectivity index (χ1) is 15.1. The van der Waals surface area contributed by atoms with Crippen molar-refractivity contribution in [3.63, 3.8) is 0 Å². The fraction of sp³-hybridized carbons (Fsp3) is 0.321. The number of hydrogen-bond acceptors (Lipinski definition) is 3. The molecule has 0 spiro atoms. The van der Waals surface area contributed by atoms with E-state index in [4.69, 9.17) is 9.73 Å². The van der Waals surface area contributed by atoms with Crippen molar-refractivity contribution in [1.82, 2.24) is 0 Å². The Balaban J connectivity index is 1.86. The molecule has 4 rings (SSSR count). The highest BCUT2D eigenvalue weighted by Crippen LogP contribution is 2.45. The standard InChI is InChI=1S/C28H31NO2/c1-28(22-12-6-3-7-13-22,23-14-8-4-9-15-23)26-19-25(31-2)18-21(27(26)30)20-29-24-16-10-5-11-17-24/h3-4,6-9,12-15,18-20,24,30H,5,10-11,16-17H2,1-2H3. The summed E-state index contributed by atoms with van der Waals surface area (Å²) >= 11 is 0. The Labute approximate surface area is 185 Å². The van der Waals surface area contributed by atoms with Crippen molar-refractivity contribution in [3.8, 4) is 11.5 Å². The monoisotopic (exact) mass is 413 g/mol. The van der Waals surface area contributed by atoms with Gasteiger partial charge < -0.3 is 9.84 Å². The molecule has 3 aromatic rings. The first-order valence-corrected chi connectivity index (χ1v) is 11.2. The average Bonchev–Trinajstić information content (AvgIpc) is 2.84. The molecule has 0 heterocycles. The summed E-state index contributed by atoms with van der Waals surface area (Å²) in [4.78, 5) is 4.82. The van der Waals surface area contributed by atoms with E-state index < -0.39 is 5.41 Å². The van der Waals surface area contributed by atoms with E-state index >= 15 is 0 Å². The van der Waals surface area contributed by atoms with Crippen LogP contribution in [-0.4, -0.2) is 24.5 Å². The Bertz CT molecular complexity index is 982. The van der Waals surface area contributed by atoms with E-state index in [1.54, 1.807) is 7.11 Å². The van der Waals surface area contributed by atoms with Crippen molar-refractivity contribution in [2.24, 2.45) is 4.99 Å². The quantitative estimate of drug-likeness (QED) is 0.370. The van der Waals surface area contributed by atoms with Gasteiger partial charge in [0.1, 0.15) is 11.5 Å². The van der Waals surface area contributed by atoms with E-state index in [1.807, 2.05) is 54.7 Å². The number of methoxy groups -OCH3 is 1. The van der Waals surface area contributed by atoms with E-state index in [-0.39, 0.29) is 5.75 Å². The second kappa shape index (κ2) is 9.38. The molecule has 1 saturated carbocycles. The summed E-state index contributed by atoms with van der Waals surface area (Å²) < 4.78 is 5.64. The summed E-state index contributed by atoms with van der Waals surface area (Å²) in [5.41, 5.74) is 3.20. The van der Waals surface area contributed by atoms with E-state index in [0.717, 1.165) is 35.3 Å². The van der Waals surface area contributed by atoms with E-state index in [0.29, 0.717) is 11.6 Å². The second-order valence-electron chi connectivity index (χ2n) is 8.54. The van der Waals surface area contributed by atoms with Gasteiger partial charge in [-0.2, -0.15) is 0 Å². The zero-order valence-corrected chi connectivity index (χ0v) is 18.4. The van der Waals surface area contributed by atoms with Crippen molar-refractivity contribution in [2.45, 2.75) is 50.5 Å². The third-order valence-corrected chi connectivity index (χ3v) is 6.59. The number of phenols is 1. The van der Waals surface area contributed by atoms with Crippen LogP contribution in [0.1, 0.15) is 61.3 Å². The Hall–Kier alpha value is -3.07. The summed E-state index contributed by atoms with van der Waals surface area (Å²) in [5, 5.41) is 11.4. The molecule has 0 amide bonds. The Kier molecular flexibility index (Phi) is 6.41. The number of phenolic OH excluding ortho intramolecular Hbond substituents is 1. The molecule has 3 heteroatoms. The van der Waals surface area contributed by atoms with E-state index in [2.05, 4.69) is 31.2 Å². The van der Waals surface area contributed by atoms with Crippen molar-refractivity contribution < 1.29 is 9.84 Å². The van der Waals surface area contributed by atoms with Gasteiger partial charge in [-0.25, -0.2) is 0 Å². The number of aromatic hydroxyl groups is 1. The van der Waals surface area contributed by atoms with Crippen LogP contribution < -0.4 is 4.74 Å². The molecule has 3 aromatic carbocycles. The van der Waals surface area contributed by atoms with Gasteiger partial charge in [0, 0.05) is 28.8 Å². The average molecular weight is 414 g/mol. The predicted molar refractivity (Wildman–Crippen MR) is 128 cm³/mol. The van der Waals surface area contributed by atoms with Crippen molar-refractivity contribution in [3.05, 3.63) is 95.1 Å². The third-order valence-electron chi connectivity index (χ3n) is 6.59. The maximum absolute atomic E-state index is 11.4. The number of hydrogen-bond donors (Lipinski definition) is 1. The minimum Gasteiger partial charge on any atom is -0.507 e. The number of aliphatic imine (C=N–C) groups is 1. The predicted octanol–water partition coefficient (Wildman–Crippen LogP) is 6.51. The molecule has 0 bridgehead atoms. The SMILES string of the molecule is COc1cc(C=NC2CCCCC2)c(O)c(C(C)(c2ccccc2)c2ccccc2)c1. The summed E-state index contributed by atoms with van der Waals surface area (Å²) in [6.07, 6.45) is 7.86. The number of rotatable bonds is 6. The van der Waals surface area contributed by atoms with Crippen LogP contribution in [0, 0.1) is 0 Å². The van der Waals surface area contributed by atoms with Crippen molar-refractivity contribution in [1.29, 1.82) is 0 Å². The molecule has 1 N–H and O–H groups in total. The molecule has 0 aromatic heterocycles. The van der Waals surface area contributed by atoms with Crippen molar-refractivity contribution in [2.75, 3.05) is 7.11 Å². The molecule has 0 aliphatic heterocycles. The lowest BCUT2D eigenvalue weighted by molar-refractivity contribution is 0.408. The molecule has 1 fully saturated rings. The lowest BCUT2D eigenvalue weighted by atomic mass is 9.70. The van der Waals surface area contributed by atoms with Gasteiger partial charge in [-0.1, -0.05) is 79.9 Å². The van der Waals surface area contributed by atoms with Crippen LogP contribution in [0.4, 0.5) is 0 Å². The molecule has 1 aliphatic rings. The maximum atomic E-state index is 11.4. The largest absolute Gasteiger partial charge is 0.507 e. The lowest BCUT2D eigenvalue weighted by Gasteiger charge is -2.33. The van der Waals surface area contributed by atoms with Gasteiger partial charge in [0.2, 0.25) is 0 Å². The smallest absolute Gasteiger partial charge is 0.129 e. The molecule has 1 aliphatic carbocycles. The molecule has 0 saturated heterocycles. The summed E-state index contributed by atoms with van der Waals surface area (Å²) in [6.45, 7) is 2.16. The van der Waals surface area contributed by atoms with Crippen LogP contribution in [0.25, 0.3) is 0 Å². The maximum Gasteiger partial charge on any atom is 0.129 e.